The zero-order valence-corrected chi connectivity index (χ0v) is 11.6. The first-order valence-corrected chi connectivity index (χ1v) is 7.19. The molecule has 1 atom stereocenters. The predicted molar refractivity (Wildman–Crippen MR) is 75.7 cm³/mol. The van der Waals surface area contributed by atoms with Gasteiger partial charge in [-0.25, -0.2) is 0 Å². The lowest BCUT2D eigenvalue weighted by atomic mass is 9.77. The summed E-state index contributed by atoms with van der Waals surface area (Å²) in [5.41, 5.74) is 1.42. The van der Waals surface area contributed by atoms with Gasteiger partial charge in [0.25, 0.3) is 0 Å². The molecular weight excluding hydrogens is 222 g/mol. The molecule has 1 aromatic rings. The highest BCUT2D eigenvalue weighted by Crippen LogP contribution is 2.41. The minimum atomic E-state index is 0.136. The zero-order valence-electron chi connectivity index (χ0n) is 11.6. The van der Waals surface area contributed by atoms with Crippen LogP contribution in [0.3, 0.4) is 0 Å². The molecule has 0 radical (unpaired) electrons. The van der Waals surface area contributed by atoms with Crippen LogP contribution in [0.15, 0.2) is 30.3 Å². The number of benzene rings is 1. The molecule has 2 rings (SSSR count). The van der Waals surface area contributed by atoms with E-state index in [0.29, 0.717) is 0 Å². The molecule has 0 saturated heterocycles. The summed E-state index contributed by atoms with van der Waals surface area (Å²) in [6.07, 6.45) is 5.09. The van der Waals surface area contributed by atoms with Gasteiger partial charge in [-0.2, -0.15) is 0 Å². The molecule has 18 heavy (non-hydrogen) atoms. The first-order valence-electron chi connectivity index (χ1n) is 7.19. The number of rotatable bonds is 7. The average Bonchev–Trinajstić information content (AvgIpc) is 2.37. The topological polar surface area (TPSA) is 21.3 Å². The van der Waals surface area contributed by atoms with Gasteiger partial charge in [0.2, 0.25) is 0 Å². The summed E-state index contributed by atoms with van der Waals surface area (Å²) in [5, 5.41) is 3.41. The normalized spacial score (nSPS) is 19.2. The maximum Gasteiger partial charge on any atom is 0.0804 e. The molecule has 0 bridgehead atoms. The first-order chi connectivity index (χ1) is 8.76. The predicted octanol–water partition coefficient (Wildman–Crippen LogP) is 3.69. The van der Waals surface area contributed by atoms with Gasteiger partial charge in [-0.15, -0.1) is 0 Å². The Kier molecular flexibility index (Phi) is 4.79. The summed E-state index contributed by atoms with van der Waals surface area (Å²) in [6, 6.07) is 10.5. The number of nitrogens with one attached hydrogen (secondary N) is 1. The number of hydrogen-bond acceptors (Lipinski definition) is 2. The molecule has 0 amide bonds. The fraction of sp³-hybridized carbons (Fsp3) is 0.625. The van der Waals surface area contributed by atoms with Crippen LogP contribution in [-0.2, 0) is 4.74 Å². The van der Waals surface area contributed by atoms with Crippen molar-refractivity contribution in [2.24, 2.45) is 0 Å². The maximum atomic E-state index is 6.37. The van der Waals surface area contributed by atoms with E-state index in [1.165, 1.54) is 24.8 Å². The summed E-state index contributed by atoms with van der Waals surface area (Å²) >= 11 is 0. The Labute approximate surface area is 111 Å². The fourth-order valence-electron chi connectivity index (χ4n) is 2.66. The van der Waals surface area contributed by atoms with E-state index in [-0.39, 0.29) is 11.7 Å². The summed E-state index contributed by atoms with van der Waals surface area (Å²) in [5.74, 6) is 0. The molecule has 2 nitrogen and oxygen atoms in total. The molecule has 0 aromatic heterocycles. The van der Waals surface area contributed by atoms with Crippen molar-refractivity contribution in [3.8, 4) is 0 Å². The molecule has 1 aromatic carbocycles. The second kappa shape index (κ2) is 6.35. The largest absolute Gasteiger partial charge is 0.367 e. The Morgan fingerprint density at radius 1 is 1.28 bits per heavy atom. The lowest BCUT2D eigenvalue weighted by Crippen LogP contribution is -2.43. The standard InChI is InChI=1S/C16H25NO/c1-3-17-13-12-16(10-7-11-16)18-14(2)15-8-5-4-6-9-15/h4-6,8-9,14,17H,3,7,10-13H2,1-2H3. The second-order valence-corrected chi connectivity index (χ2v) is 5.31. The molecule has 1 aliphatic rings. The lowest BCUT2D eigenvalue weighted by Gasteiger charge is -2.44. The monoisotopic (exact) mass is 247 g/mol. The Morgan fingerprint density at radius 3 is 2.56 bits per heavy atom. The van der Waals surface area contributed by atoms with Gasteiger partial charge in [-0.3, -0.25) is 0 Å². The number of hydrogen-bond donors (Lipinski definition) is 1. The second-order valence-electron chi connectivity index (χ2n) is 5.31. The molecule has 0 heterocycles. The van der Waals surface area contributed by atoms with E-state index in [9.17, 15) is 0 Å². The van der Waals surface area contributed by atoms with Crippen molar-refractivity contribution in [1.82, 2.24) is 5.32 Å². The summed E-state index contributed by atoms with van der Waals surface area (Å²) in [7, 11) is 0. The van der Waals surface area contributed by atoms with Crippen LogP contribution in [-0.4, -0.2) is 18.7 Å². The summed E-state index contributed by atoms with van der Waals surface area (Å²) in [6.45, 7) is 6.44. The third-order valence-corrected chi connectivity index (χ3v) is 3.97. The van der Waals surface area contributed by atoms with Crippen molar-refractivity contribution in [3.63, 3.8) is 0 Å². The van der Waals surface area contributed by atoms with Crippen LogP contribution in [0, 0.1) is 0 Å². The van der Waals surface area contributed by atoms with Crippen molar-refractivity contribution in [2.75, 3.05) is 13.1 Å². The van der Waals surface area contributed by atoms with Gasteiger partial charge in [0.1, 0.15) is 0 Å². The third-order valence-electron chi connectivity index (χ3n) is 3.97. The molecule has 0 aliphatic heterocycles. The average molecular weight is 247 g/mol. The van der Waals surface area contributed by atoms with E-state index >= 15 is 0 Å². The van der Waals surface area contributed by atoms with E-state index in [1.54, 1.807) is 0 Å². The maximum absolute atomic E-state index is 6.37. The van der Waals surface area contributed by atoms with Crippen LogP contribution in [0.1, 0.15) is 51.2 Å². The Hall–Kier alpha value is -0.860. The highest BCUT2D eigenvalue weighted by Gasteiger charge is 2.38. The van der Waals surface area contributed by atoms with Crippen LogP contribution in [0.2, 0.25) is 0 Å². The van der Waals surface area contributed by atoms with Crippen molar-refractivity contribution in [2.45, 2.75) is 51.2 Å². The fourth-order valence-corrected chi connectivity index (χ4v) is 2.66. The van der Waals surface area contributed by atoms with E-state index in [2.05, 4.69) is 49.5 Å². The van der Waals surface area contributed by atoms with Crippen LogP contribution >= 0.6 is 0 Å². The first kappa shape index (κ1) is 13.6. The highest BCUT2D eigenvalue weighted by molar-refractivity contribution is 5.17. The summed E-state index contributed by atoms with van der Waals surface area (Å²) in [4.78, 5) is 0. The van der Waals surface area contributed by atoms with Gasteiger partial charge in [0.15, 0.2) is 0 Å². The van der Waals surface area contributed by atoms with Gasteiger partial charge < -0.3 is 10.1 Å². The zero-order chi connectivity index (χ0) is 12.8. The molecule has 1 saturated carbocycles. The van der Waals surface area contributed by atoms with Crippen molar-refractivity contribution < 1.29 is 4.74 Å². The molecule has 100 valence electrons. The van der Waals surface area contributed by atoms with Crippen LogP contribution in [0.4, 0.5) is 0 Å². The molecule has 0 spiro atoms. The SMILES string of the molecule is CCNCCC1(OC(C)c2ccccc2)CCC1. The molecule has 1 N–H and O–H groups in total. The quantitative estimate of drug-likeness (QED) is 0.742. The highest BCUT2D eigenvalue weighted by atomic mass is 16.5. The minimum Gasteiger partial charge on any atom is -0.367 e. The Balaban J connectivity index is 1.89. The van der Waals surface area contributed by atoms with Gasteiger partial charge >= 0.3 is 0 Å². The van der Waals surface area contributed by atoms with Crippen molar-refractivity contribution in [1.29, 1.82) is 0 Å². The smallest absolute Gasteiger partial charge is 0.0804 e. The van der Waals surface area contributed by atoms with Gasteiger partial charge in [-0.1, -0.05) is 37.3 Å². The molecule has 1 aliphatic carbocycles. The lowest BCUT2D eigenvalue weighted by molar-refractivity contribution is -0.139. The van der Waals surface area contributed by atoms with Gasteiger partial charge in [0.05, 0.1) is 11.7 Å². The van der Waals surface area contributed by atoms with Crippen molar-refractivity contribution >= 4 is 0 Å². The van der Waals surface area contributed by atoms with Gasteiger partial charge in [0, 0.05) is 0 Å². The van der Waals surface area contributed by atoms with E-state index in [0.717, 1.165) is 19.5 Å². The van der Waals surface area contributed by atoms with Crippen LogP contribution < -0.4 is 5.32 Å². The minimum absolute atomic E-state index is 0.136. The Bertz CT molecular complexity index is 345. The third kappa shape index (κ3) is 3.33. The Morgan fingerprint density at radius 2 is 2.00 bits per heavy atom. The van der Waals surface area contributed by atoms with E-state index in [1.807, 2.05) is 0 Å². The summed E-state index contributed by atoms with van der Waals surface area (Å²) < 4.78 is 6.37. The molecular formula is C16H25NO. The van der Waals surface area contributed by atoms with Gasteiger partial charge in [-0.05, 0) is 51.3 Å². The van der Waals surface area contributed by atoms with E-state index < -0.39 is 0 Å². The molecule has 1 unspecified atom stereocenters. The van der Waals surface area contributed by atoms with E-state index in [4.69, 9.17) is 4.74 Å². The number of ether oxygens (including phenoxy) is 1. The van der Waals surface area contributed by atoms with Crippen LogP contribution in [0.5, 0.6) is 0 Å². The molecule has 2 heteroatoms. The van der Waals surface area contributed by atoms with Crippen LogP contribution in [0.25, 0.3) is 0 Å². The molecule has 1 fully saturated rings. The van der Waals surface area contributed by atoms with Crippen molar-refractivity contribution in [3.05, 3.63) is 35.9 Å².